The molecule has 0 saturated heterocycles. The summed E-state index contributed by atoms with van der Waals surface area (Å²) in [5.74, 6) is 0.626. The maximum atomic E-state index is 4.73. The average Bonchev–Trinajstić information content (AvgIpc) is 3.00. The van der Waals surface area contributed by atoms with Crippen molar-refractivity contribution in [3.05, 3.63) is 65.9 Å². The van der Waals surface area contributed by atoms with Crippen LogP contribution in [-0.4, -0.2) is 25.0 Å². The predicted molar refractivity (Wildman–Crippen MR) is 94.0 cm³/mol. The molecule has 0 atom stereocenters. The van der Waals surface area contributed by atoms with E-state index < -0.39 is 0 Å². The largest absolute Gasteiger partial charge is 0.221 e. The summed E-state index contributed by atoms with van der Waals surface area (Å²) in [5.41, 5.74) is 5.54. The Bertz CT molecular complexity index is 1000. The highest BCUT2D eigenvalue weighted by Crippen LogP contribution is 2.22. The Morgan fingerprint density at radius 3 is 2.54 bits per heavy atom. The zero-order chi connectivity index (χ0) is 16.5. The van der Waals surface area contributed by atoms with Gasteiger partial charge >= 0.3 is 0 Å². The first kappa shape index (κ1) is 14.5. The van der Waals surface area contributed by atoms with Gasteiger partial charge in [0.1, 0.15) is 5.52 Å². The minimum absolute atomic E-state index is 0.626. The van der Waals surface area contributed by atoms with Crippen LogP contribution >= 0.6 is 0 Å². The Hall–Kier alpha value is -3.08. The zero-order valence-corrected chi connectivity index (χ0v) is 13.6. The summed E-state index contributed by atoms with van der Waals surface area (Å²) in [5, 5.41) is 13.4. The molecule has 0 unspecified atom stereocenters. The fraction of sp³-hybridized carbons (Fsp3) is 0.158. The van der Waals surface area contributed by atoms with Gasteiger partial charge in [0, 0.05) is 5.56 Å². The molecule has 5 nitrogen and oxygen atoms in total. The lowest BCUT2D eigenvalue weighted by Crippen LogP contribution is -2.00. The van der Waals surface area contributed by atoms with Gasteiger partial charge in [-0.25, -0.2) is 9.67 Å². The lowest BCUT2D eigenvalue weighted by Gasteiger charge is -2.03. The van der Waals surface area contributed by atoms with E-state index in [9.17, 15) is 0 Å². The monoisotopic (exact) mass is 315 g/mol. The molecule has 0 bridgehead atoms. The number of fused-ring (bicyclic) bond motifs is 1. The summed E-state index contributed by atoms with van der Waals surface area (Å²) in [6.07, 6.45) is 0.794. The molecule has 0 N–H and O–H groups in total. The Kier molecular flexibility index (Phi) is 3.54. The third-order valence-corrected chi connectivity index (χ3v) is 3.98. The van der Waals surface area contributed by atoms with Crippen LogP contribution in [0.5, 0.6) is 0 Å². The van der Waals surface area contributed by atoms with Crippen LogP contribution in [0.2, 0.25) is 0 Å². The third-order valence-electron chi connectivity index (χ3n) is 3.98. The van der Waals surface area contributed by atoms with Gasteiger partial charge in [-0.1, -0.05) is 49.4 Å². The minimum atomic E-state index is 0.626. The highest BCUT2D eigenvalue weighted by Gasteiger charge is 2.16. The number of hydrogen-bond acceptors (Lipinski definition) is 4. The molecule has 0 fully saturated rings. The minimum Gasteiger partial charge on any atom is -0.221 e. The van der Waals surface area contributed by atoms with E-state index in [4.69, 9.17) is 10.1 Å². The van der Waals surface area contributed by atoms with Crippen LogP contribution in [0.15, 0.2) is 54.6 Å². The van der Waals surface area contributed by atoms with Crippen LogP contribution in [0.25, 0.3) is 28.2 Å². The van der Waals surface area contributed by atoms with Crippen LogP contribution in [0.1, 0.15) is 18.2 Å². The van der Waals surface area contributed by atoms with Gasteiger partial charge in [-0.3, -0.25) is 0 Å². The van der Waals surface area contributed by atoms with Crippen LogP contribution in [0, 0.1) is 6.92 Å². The fourth-order valence-corrected chi connectivity index (χ4v) is 2.76. The molecule has 0 amide bonds. The van der Waals surface area contributed by atoms with Crippen molar-refractivity contribution in [2.24, 2.45) is 0 Å². The van der Waals surface area contributed by atoms with Crippen molar-refractivity contribution >= 4 is 11.2 Å². The standard InChI is InChI=1S/C19H17N5/c1-3-16-17-19(24(23-16)15-11-7-8-13(2)12-15)22-21-18(20-17)14-9-5-4-6-10-14/h4-12H,3H2,1-2H3. The molecule has 2 aromatic heterocycles. The first-order chi connectivity index (χ1) is 11.8. The molecule has 24 heavy (non-hydrogen) atoms. The zero-order valence-electron chi connectivity index (χ0n) is 13.6. The normalized spacial score (nSPS) is 11.1. The van der Waals surface area contributed by atoms with Gasteiger partial charge in [0.15, 0.2) is 5.82 Å². The highest BCUT2D eigenvalue weighted by molar-refractivity contribution is 5.77. The molecule has 0 aliphatic carbocycles. The summed E-state index contributed by atoms with van der Waals surface area (Å²) in [4.78, 5) is 4.73. The molecule has 4 aromatic rings. The number of hydrogen-bond donors (Lipinski definition) is 0. The maximum absolute atomic E-state index is 4.73. The highest BCUT2D eigenvalue weighted by atomic mass is 15.4. The molecule has 0 radical (unpaired) electrons. The number of aryl methyl sites for hydroxylation is 2. The van der Waals surface area contributed by atoms with E-state index in [-0.39, 0.29) is 0 Å². The Morgan fingerprint density at radius 2 is 1.79 bits per heavy atom. The van der Waals surface area contributed by atoms with Gasteiger partial charge in [-0.2, -0.15) is 5.10 Å². The van der Waals surface area contributed by atoms with Crippen molar-refractivity contribution < 1.29 is 0 Å². The SMILES string of the molecule is CCc1nn(-c2cccc(C)c2)c2nnc(-c3ccccc3)nc12. The van der Waals surface area contributed by atoms with Crippen molar-refractivity contribution in [1.29, 1.82) is 0 Å². The van der Waals surface area contributed by atoms with Crippen LogP contribution in [-0.2, 0) is 6.42 Å². The van der Waals surface area contributed by atoms with Gasteiger partial charge in [0.2, 0.25) is 5.65 Å². The second-order valence-corrected chi connectivity index (χ2v) is 5.72. The molecular formula is C19H17N5. The fourth-order valence-electron chi connectivity index (χ4n) is 2.76. The van der Waals surface area contributed by atoms with E-state index in [1.807, 2.05) is 47.1 Å². The van der Waals surface area contributed by atoms with Crippen LogP contribution in [0.3, 0.4) is 0 Å². The third kappa shape index (κ3) is 2.44. The predicted octanol–water partition coefficient (Wildman–Crippen LogP) is 3.75. The van der Waals surface area contributed by atoms with Crippen molar-refractivity contribution in [3.8, 4) is 17.1 Å². The number of benzene rings is 2. The van der Waals surface area contributed by atoms with Crippen molar-refractivity contribution in [1.82, 2.24) is 25.0 Å². The molecule has 5 heteroatoms. The lowest BCUT2D eigenvalue weighted by molar-refractivity contribution is 0.844. The van der Waals surface area contributed by atoms with Crippen molar-refractivity contribution in [2.45, 2.75) is 20.3 Å². The Morgan fingerprint density at radius 1 is 0.958 bits per heavy atom. The summed E-state index contributed by atoms with van der Waals surface area (Å²) in [6.45, 7) is 4.14. The molecule has 0 saturated carbocycles. The second-order valence-electron chi connectivity index (χ2n) is 5.72. The average molecular weight is 315 g/mol. The molecule has 0 aliphatic heterocycles. The summed E-state index contributed by atoms with van der Waals surface area (Å²) < 4.78 is 1.83. The van der Waals surface area contributed by atoms with E-state index in [1.165, 1.54) is 5.56 Å². The van der Waals surface area contributed by atoms with Crippen LogP contribution < -0.4 is 0 Å². The molecule has 4 rings (SSSR count). The summed E-state index contributed by atoms with van der Waals surface area (Å²) in [7, 11) is 0. The van der Waals surface area contributed by atoms with Gasteiger partial charge < -0.3 is 0 Å². The Balaban J connectivity index is 1.92. The summed E-state index contributed by atoms with van der Waals surface area (Å²) in [6, 6.07) is 18.1. The first-order valence-electron chi connectivity index (χ1n) is 8.01. The molecular weight excluding hydrogens is 298 g/mol. The first-order valence-corrected chi connectivity index (χ1v) is 8.01. The van der Waals surface area contributed by atoms with Crippen molar-refractivity contribution in [3.63, 3.8) is 0 Å². The van der Waals surface area contributed by atoms with Gasteiger partial charge in [0.05, 0.1) is 11.4 Å². The van der Waals surface area contributed by atoms with Gasteiger partial charge in [-0.05, 0) is 31.0 Å². The number of rotatable bonds is 3. The van der Waals surface area contributed by atoms with E-state index in [1.54, 1.807) is 0 Å². The van der Waals surface area contributed by atoms with Crippen LogP contribution in [0.4, 0.5) is 0 Å². The van der Waals surface area contributed by atoms with Crippen molar-refractivity contribution in [2.75, 3.05) is 0 Å². The lowest BCUT2D eigenvalue weighted by atomic mass is 10.2. The number of aromatic nitrogens is 5. The summed E-state index contributed by atoms with van der Waals surface area (Å²) >= 11 is 0. The van der Waals surface area contributed by atoms with E-state index >= 15 is 0 Å². The second kappa shape index (κ2) is 5.85. The van der Waals surface area contributed by atoms with E-state index in [0.717, 1.165) is 28.9 Å². The smallest absolute Gasteiger partial charge is 0.204 e. The molecule has 118 valence electrons. The maximum Gasteiger partial charge on any atom is 0.204 e. The topological polar surface area (TPSA) is 56.5 Å². The molecule has 2 heterocycles. The van der Waals surface area contributed by atoms with E-state index in [0.29, 0.717) is 11.5 Å². The molecule has 2 aromatic carbocycles. The van der Waals surface area contributed by atoms with E-state index in [2.05, 4.69) is 36.2 Å². The quantitative estimate of drug-likeness (QED) is 0.578. The molecule has 0 spiro atoms. The van der Waals surface area contributed by atoms with Gasteiger partial charge in [0.25, 0.3) is 0 Å². The van der Waals surface area contributed by atoms with Gasteiger partial charge in [-0.15, -0.1) is 10.2 Å². The number of nitrogens with zero attached hydrogens (tertiary/aromatic N) is 5. The Labute approximate surface area is 140 Å². The molecule has 0 aliphatic rings.